The molecule has 0 heterocycles. The molecule has 0 fully saturated rings. The minimum atomic E-state index is 0. The molecule has 0 rings (SSSR count). The zero-order valence-corrected chi connectivity index (χ0v) is 7.66. The highest BCUT2D eigenvalue weighted by Gasteiger charge is 1.88. The van der Waals surface area contributed by atoms with Gasteiger partial charge in [0.25, 0.3) is 0 Å². The van der Waals surface area contributed by atoms with Crippen molar-refractivity contribution in [3.8, 4) is 0 Å². The van der Waals surface area contributed by atoms with E-state index in [1.54, 1.807) is 0 Å². The summed E-state index contributed by atoms with van der Waals surface area (Å²) >= 11 is 0. The van der Waals surface area contributed by atoms with Crippen LogP contribution < -0.4 is 6.15 Å². The highest BCUT2D eigenvalue weighted by atomic mass is 14.0. The Hall–Kier alpha value is 0.0249. The highest BCUT2D eigenvalue weighted by Crippen LogP contribution is 1.99. The Kier molecular flexibility index (Phi) is 14.9. The molecule has 62 valence electrons. The highest BCUT2D eigenvalue weighted by molar-refractivity contribution is 6.35. The summed E-state index contributed by atoms with van der Waals surface area (Å²) < 4.78 is 0. The van der Waals surface area contributed by atoms with Gasteiger partial charge in [0.2, 0.25) is 0 Å². The first-order valence-electron chi connectivity index (χ1n) is 4.41. The van der Waals surface area contributed by atoms with Gasteiger partial charge in [-0.2, -0.15) is 0 Å². The van der Waals surface area contributed by atoms with Crippen LogP contribution in [0.1, 0.15) is 39.5 Å². The van der Waals surface area contributed by atoms with Gasteiger partial charge in [0.15, 0.2) is 0 Å². The van der Waals surface area contributed by atoms with Gasteiger partial charge in [-0.15, -0.1) is 0 Å². The first kappa shape index (κ1) is 12.7. The maximum absolute atomic E-state index is 2.26. The predicted octanol–water partition coefficient (Wildman–Crippen LogP) is 3.02. The van der Waals surface area contributed by atoms with Gasteiger partial charge in [-0.05, 0) is 0 Å². The summed E-state index contributed by atoms with van der Waals surface area (Å²) in [6, 6.07) is 0. The fourth-order valence-electron chi connectivity index (χ4n) is 1.03. The second kappa shape index (κ2) is 11.8. The van der Waals surface area contributed by atoms with Crippen molar-refractivity contribution in [1.29, 1.82) is 0 Å². The summed E-state index contributed by atoms with van der Waals surface area (Å²) in [7, 11) is 1.46. The summed E-state index contributed by atoms with van der Waals surface area (Å²) in [6.45, 7) is 4.53. The SMILES string of the molecule is CCCCBCCCC.N. The zero-order valence-electron chi connectivity index (χ0n) is 7.66. The molecule has 0 aromatic rings. The van der Waals surface area contributed by atoms with Crippen LogP contribution in [-0.4, -0.2) is 7.28 Å². The number of hydrogen-bond donors (Lipinski definition) is 1. The second-order valence-electron chi connectivity index (χ2n) is 2.77. The minimum absolute atomic E-state index is 0. The Morgan fingerprint density at radius 3 is 1.60 bits per heavy atom. The summed E-state index contributed by atoms with van der Waals surface area (Å²) in [5.74, 6) is 0. The van der Waals surface area contributed by atoms with Crippen LogP contribution >= 0.6 is 0 Å². The Balaban J connectivity index is 0. The van der Waals surface area contributed by atoms with Crippen LogP contribution in [0.4, 0.5) is 0 Å². The quantitative estimate of drug-likeness (QED) is 0.450. The largest absolute Gasteiger partial charge is 0.344 e. The monoisotopic (exact) mass is 143 g/mol. The molecule has 0 aromatic carbocycles. The van der Waals surface area contributed by atoms with Gasteiger partial charge in [0.1, 0.15) is 7.28 Å². The van der Waals surface area contributed by atoms with Crippen LogP contribution in [0.25, 0.3) is 0 Å². The van der Waals surface area contributed by atoms with Crippen LogP contribution in [0, 0.1) is 0 Å². The van der Waals surface area contributed by atoms with Gasteiger partial charge < -0.3 is 6.15 Å². The van der Waals surface area contributed by atoms with E-state index in [1.165, 1.54) is 45.6 Å². The van der Waals surface area contributed by atoms with Crippen molar-refractivity contribution in [1.82, 2.24) is 6.15 Å². The number of hydrogen-bond acceptors (Lipinski definition) is 1. The van der Waals surface area contributed by atoms with Crippen LogP contribution in [0.2, 0.25) is 12.6 Å². The third-order valence-electron chi connectivity index (χ3n) is 1.71. The van der Waals surface area contributed by atoms with E-state index in [0.29, 0.717) is 0 Å². The van der Waals surface area contributed by atoms with Crippen molar-refractivity contribution in [2.45, 2.75) is 52.2 Å². The molecule has 0 radical (unpaired) electrons. The molecule has 0 atom stereocenters. The van der Waals surface area contributed by atoms with Crippen LogP contribution in [0.3, 0.4) is 0 Å². The normalized spacial score (nSPS) is 8.60. The zero-order chi connectivity index (χ0) is 6.95. The smallest absolute Gasteiger partial charge is 0.120 e. The van der Waals surface area contributed by atoms with Crippen molar-refractivity contribution >= 4 is 7.28 Å². The molecule has 0 unspecified atom stereocenters. The first-order chi connectivity index (χ1) is 4.41. The third kappa shape index (κ3) is 10.9. The summed E-state index contributed by atoms with van der Waals surface area (Å²) in [6.07, 6.45) is 8.51. The van der Waals surface area contributed by atoms with Crippen molar-refractivity contribution in [3.63, 3.8) is 0 Å². The topological polar surface area (TPSA) is 35.0 Å². The maximum Gasteiger partial charge on any atom is 0.120 e. The molecular formula is C8H22BN. The van der Waals surface area contributed by atoms with E-state index in [4.69, 9.17) is 0 Å². The lowest BCUT2D eigenvalue weighted by Gasteiger charge is -1.93. The van der Waals surface area contributed by atoms with E-state index in [1.807, 2.05) is 0 Å². The lowest BCUT2D eigenvalue weighted by molar-refractivity contribution is 0.851. The molecule has 0 aliphatic rings. The van der Waals surface area contributed by atoms with Gasteiger partial charge in [-0.1, -0.05) is 52.2 Å². The lowest BCUT2D eigenvalue weighted by Crippen LogP contribution is -1.87. The van der Waals surface area contributed by atoms with Crippen molar-refractivity contribution in [3.05, 3.63) is 0 Å². The Bertz CT molecular complexity index is 42.5. The second-order valence-corrected chi connectivity index (χ2v) is 2.77. The van der Waals surface area contributed by atoms with E-state index < -0.39 is 0 Å². The van der Waals surface area contributed by atoms with Gasteiger partial charge in [0.05, 0.1) is 0 Å². The molecule has 0 bridgehead atoms. The molecule has 10 heavy (non-hydrogen) atoms. The lowest BCUT2D eigenvalue weighted by atomic mass is 9.68. The van der Waals surface area contributed by atoms with Crippen molar-refractivity contribution in [2.24, 2.45) is 0 Å². The molecular weight excluding hydrogens is 121 g/mol. The fraction of sp³-hybridized carbons (Fsp3) is 1.00. The average Bonchev–Trinajstić information content (AvgIpc) is 1.89. The van der Waals surface area contributed by atoms with Crippen LogP contribution in [0.5, 0.6) is 0 Å². The Morgan fingerprint density at radius 2 is 1.30 bits per heavy atom. The Labute approximate surface area is 66.4 Å². The van der Waals surface area contributed by atoms with Crippen molar-refractivity contribution in [2.75, 3.05) is 0 Å². The van der Waals surface area contributed by atoms with E-state index in [2.05, 4.69) is 13.8 Å². The maximum atomic E-state index is 2.26. The Morgan fingerprint density at radius 1 is 0.900 bits per heavy atom. The molecule has 0 saturated carbocycles. The average molecular weight is 143 g/mol. The molecule has 2 heteroatoms. The van der Waals surface area contributed by atoms with Crippen LogP contribution in [-0.2, 0) is 0 Å². The molecule has 0 aromatic heterocycles. The van der Waals surface area contributed by atoms with Crippen LogP contribution in [0.15, 0.2) is 0 Å². The molecule has 3 N–H and O–H groups in total. The van der Waals surface area contributed by atoms with Crippen molar-refractivity contribution < 1.29 is 0 Å². The van der Waals surface area contributed by atoms with E-state index in [9.17, 15) is 0 Å². The molecule has 0 aliphatic heterocycles. The molecule has 1 nitrogen and oxygen atoms in total. The summed E-state index contributed by atoms with van der Waals surface area (Å²) in [4.78, 5) is 0. The standard InChI is InChI=1S/C8H19B.H3N/c1-3-5-7-9-8-6-4-2;/h9H,3-8H2,1-2H3;1H3. The van der Waals surface area contributed by atoms with Gasteiger partial charge in [-0.25, -0.2) is 0 Å². The molecule has 0 aliphatic carbocycles. The summed E-state index contributed by atoms with van der Waals surface area (Å²) in [5, 5.41) is 0. The third-order valence-corrected chi connectivity index (χ3v) is 1.71. The molecule has 0 saturated heterocycles. The summed E-state index contributed by atoms with van der Waals surface area (Å²) in [5.41, 5.74) is 0. The number of rotatable bonds is 6. The minimum Gasteiger partial charge on any atom is -0.344 e. The predicted molar refractivity (Wildman–Crippen MR) is 51.6 cm³/mol. The fourth-order valence-corrected chi connectivity index (χ4v) is 1.03. The van der Waals surface area contributed by atoms with E-state index in [0.717, 1.165) is 0 Å². The van der Waals surface area contributed by atoms with Gasteiger partial charge in [-0.3, -0.25) is 0 Å². The molecule has 0 spiro atoms. The first-order valence-corrected chi connectivity index (χ1v) is 4.41. The van der Waals surface area contributed by atoms with E-state index >= 15 is 0 Å². The van der Waals surface area contributed by atoms with Gasteiger partial charge >= 0.3 is 0 Å². The molecule has 0 amide bonds. The van der Waals surface area contributed by atoms with Gasteiger partial charge in [0, 0.05) is 0 Å². The van der Waals surface area contributed by atoms with E-state index in [-0.39, 0.29) is 6.15 Å². The number of unbranched alkanes of at least 4 members (excludes halogenated alkanes) is 2.